The highest BCUT2D eigenvalue weighted by Gasteiger charge is 2.50. The van der Waals surface area contributed by atoms with Gasteiger partial charge in [0, 0.05) is 16.5 Å². The first kappa shape index (κ1) is 23.6. The van der Waals surface area contributed by atoms with Gasteiger partial charge in [0.1, 0.15) is 24.1 Å². The molecule has 0 saturated carbocycles. The third-order valence-electron chi connectivity index (χ3n) is 6.89. The first-order chi connectivity index (χ1) is 17.9. The number of hydrogen-bond acceptors (Lipinski definition) is 11. The van der Waals surface area contributed by atoms with Crippen LogP contribution in [-0.4, -0.2) is 73.5 Å². The average molecular weight is 512 g/mol. The lowest BCUT2D eigenvalue weighted by Crippen LogP contribution is -2.48. The first-order valence-corrected chi connectivity index (χ1v) is 11.5. The van der Waals surface area contributed by atoms with E-state index in [9.17, 15) is 20.1 Å². The normalized spacial score (nSPS) is 23.8. The van der Waals surface area contributed by atoms with Crippen LogP contribution in [0.1, 0.15) is 15.9 Å². The molecule has 3 aliphatic rings. The number of fused-ring (bicyclic) bond motifs is 3. The molecule has 0 amide bonds. The van der Waals surface area contributed by atoms with Gasteiger partial charge >= 0.3 is 5.97 Å². The maximum absolute atomic E-state index is 13.1. The second-order valence-corrected chi connectivity index (χ2v) is 8.96. The largest absolute Gasteiger partial charge is 0.493 e. The summed E-state index contributed by atoms with van der Waals surface area (Å²) in [6.07, 6.45) is -2.86. The number of ether oxygens (including phenoxy) is 7. The predicted molar refractivity (Wildman–Crippen MR) is 126 cm³/mol. The van der Waals surface area contributed by atoms with Gasteiger partial charge in [-0.25, -0.2) is 4.79 Å². The van der Waals surface area contributed by atoms with Crippen molar-refractivity contribution < 1.29 is 53.3 Å². The minimum Gasteiger partial charge on any atom is -0.493 e. The van der Waals surface area contributed by atoms with Crippen molar-refractivity contribution in [3.63, 3.8) is 0 Å². The van der Waals surface area contributed by atoms with Gasteiger partial charge in [0.05, 0.1) is 33.0 Å². The first-order valence-electron chi connectivity index (χ1n) is 11.5. The summed E-state index contributed by atoms with van der Waals surface area (Å²) in [5.74, 6) is 1.62. The molecule has 3 N–H and O–H groups in total. The average Bonchev–Trinajstić information content (AvgIpc) is 3.62. The lowest BCUT2D eigenvalue weighted by molar-refractivity contribution is -0.115. The Labute approximate surface area is 210 Å². The Balaban J connectivity index is 1.61. The van der Waals surface area contributed by atoms with E-state index < -0.39 is 30.6 Å². The van der Waals surface area contributed by atoms with Crippen LogP contribution in [0.3, 0.4) is 0 Å². The van der Waals surface area contributed by atoms with Crippen LogP contribution in [0, 0.1) is 0 Å². The van der Waals surface area contributed by atoms with Crippen LogP contribution in [0.5, 0.6) is 28.7 Å². The van der Waals surface area contributed by atoms with E-state index in [0.717, 1.165) is 0 Å². The molecule has 1 fully saturated rings. The van der Waals surface area contributed by atoms with E-state index in [1.807, 2.05) is 6.07 Å². The minimum atomic E-state index is -1.89. The highest BCUT2D eigenvalue weighted by Crippen LogP contribution is 2.49. The van der Waals surface area contributed by atoms with Crippen molar-refractivity contribution in [2.75, 3.05) is 34.2 Å². The highest BCUT2D eigenvalue weighted by atomic mass is 16.7. The number of aliphatic hydroxyl groups is 3. The molecule has 6 rings (SSSR count). The molecular weight excluding hydrogens is 488 g/mol. The Morgan fingerprint density at radius 3 is 2.43 bits per heavy atom. The molecule has 3 aliphatic heterocycles. The number of benzene rings is 3. The van der Waals surface area contributed by atoms with E-state index in [-0.39, 0.29) is 31.3 Å². The summed E-state index contributed by atoms with van der Waals surface area (Å²) < 4.78 is 39.1. The van der Waals surface area contributed by atoms with E-state index in [1.165, 1.54) is 14.2 Å². The van der Waals surface area contributed by atoms with Crippen molar-refractivity contribution in [3.05, 3.63) is 41.5 Å². The van der Waals surface area contributed by atoms with Crippen molar-refractivity contribution >= 4 is 16.7 Å². The van der Waals surface area contributed by atoms with Gasteiger partial charge in [0.25, 0.3) is 0 Å². The van der Waals surface area contributed by atoms with Crippen LogP contribution >= 0.6 is 0 Å². The van der Waals surface area contributed by atoms with Gasteiger partial charge in [-0.15, -0.1) is 0 Å². The van der Waals surface area contributed by atoms with E-state index in [4.69, 9.17) is 33.2 Å². The molecular formula is C26H24O11. The lowest BCUT2D eigenvalue weighted by atomic mass is 9.89. The number of cyclic esters (lactones) is 1. The van der Waals surface area contributed by atoms with Crippen molar-refractivity contribution in [2.24, 2.45) is 0 Å². The highest BCUT2D eigenvalue weighted by molar-refractivity contribution is 6.14. The SMILES string of the molecule is COc1cc2c(O[C@H]3OC[C@](O)(CO)[C@H]3O)c3c(c(-c4ccc5c(c4)OCO5)c2cc1OC)C(=O)OC3. The molecule has 3 aromatic carbocycles. The van der Waals surface area contributed by atoms with E-state index >= 15 is 0 Å². The summed E-state index contributed by atoms with van der Waals surface area (Å²) >= 11 is 0. The number of rotatable bonds is 6. The summed E-state index contributed by atoms with van der Waals surface area (Å²) in [6.45, 7) is -1.04. The summed E-state index contributed by atoms with van der Waals surface area (Å²) in [4.78, 5) is 13.1. The molecule has 11 nitrogen and oxygen atoms in total. The van der Waals surface area contributed by atoms with Gasteiger partial charge < -0.3 is 48.5 Å². The van der Waals surface area contributed by atoms with Gasteiger partial charge in [-0.3, -0.25) is 0 Å². The number of methoxy groups -OCH3 is 2. The van der Waals surface area contributed by atoms with Gasteiger partial charge in [0.2, 0.25) is 13.1 Å². The molecule has 3 atom stereocenters. The molecule has 1 saturated heterocycles. The monoisotopic (exact) mass is 512 g/mol. The molecule has 0 spiro atoms. The van der Waals surface area contributed by atoms with Crippen LogP contribution in [0.4, 0.5) is 0 Å². The number of carbonyl (C=O) groups excluding carboxylic acids is 1. The summed E-state index contributed by atoms with van der Waals surface area (Å²) in [5, 5.41) is 31.7. The molecule has 37 heavy (non-hydrogen) atoms. The molecule has 194 valence electrons. The number of hydrogen-bond donors (Lipinski definition) is 3. The topological polar surface area (TPSA) is 142 Å². The van der Waals surface area contributed by atoms with Gasteiger partial charge in [0.15, 0.2) is 23.0 Å². The molecule has 3 heterocycles. The van der Waals surface area contributed by atoms with Gasteiger partial charge in [-0.2, -0.15) is 0 Å². The van der Waals surface area contributed by atoms with E-state index in [2.05, 4.69) is 0 Å². The molecule has 0 radical (unpaired) electrons. The molecule has 11 heteroatoms. The Hall–Kier alpha value is -3.77. The zero-order valence-electron chi connectivity index (χ0n) is 20.0. The van der Waals surface area contributed by atoms with Gasteiger partial charge in [-0.1, -0.05) is 6.07 Å². The Morgan fingerprint density at radius 1 is 1.00 bits per heavy atom. The van der Waals surface area contributed by atoms with Crippen molar-refractivity contribution in [1.29, 1.82) is 0 Å². The van der Waals surface area contributed by atoms with Crippen LogP contribution in [0.2, 0.25) is 0 Å². The fourth-order valence-electron chi connectivity index (χ4n) is 4.90. The predicted octanol–water partition coefficient (Wildman–Crippen LogP) is 1.74. The third kappa shape index (κ3) is 3.54. The van der Waals surface area contributed by atoms with Crippen LogP contribution < -0.4 is 23.7 Å². The number of aliphatic hydroxyl groups excluding tert-OH is 2. The maximum Gasteiger partial charge on any atom is 0.339 e. The van der Waals surface area contributed by atoms with Crippen molar-refractivity contribution in [3.8, 4) is 39.9 Å². The second kappa shape index (κ2) is 8.67. The number of carbonyl (C=O) groups is 1. The van der Waals surface area contributed by atoms with Crippen LogP contribution in [0.15, 0.2) is 30.3 Å². The standard InChI is InChI=1S/C26H24O11/c1-31-17-6-13-14(7-18(17)32-2)22(37-25-23(28)26(30,9-27)10-34-25)15-8-33-24(29)21(15)20(13)12-3-4-16-19(5-12)36-11-35-16/h3-7,23,25,27-28,30H,8-11H2,1-2H3/t23-,25+,26+/m0/s1. The van der Waals surface area contributed by atoms with Crippen LogP contribution in [-0.2, 0) is 16.1 Å². The third-order valence-corrected chi connectivity index (χ3v) is 6.89. The summed E-state index contributed by atoms with van der Waals surface area (Å²) in [7, 11) is 3.00. The Bertz CT molecular complexity index is 1420. The zero-order valence-corrected chi connectivity index (χ0v) is 20.0. The van der Waals surface area contributed by atoms with Gasteiger partial charge in [-0.05, 0) is 35.2 Å². The Morgan fingerprint density at radius 2 is 1.73 bits per heavy atom. The van der Waals surface area contributed by atoms with E-state index in [0.29, 0.717) is 50.5 Å². The lowest BCUT2D eigenvalue weighted by Gasteiger charge is -2.25. The summed E-state index contributed by atoms with van der Waals surface area (Å²) in [6, 6.07) is 8.78. The van der Waals surface area contributed by atoms with Crippen LogP contribution in [0.25, 0.3) is 21.9 Å². The smallest absolute Gasteiger partial charge is 0.339 e. The fourth-order valence-corrected chi connectivity index (χ4v) is 4.90. The minimum absolute atomic E-state index is 0.0849. The zero-order chi connectivity index (χ0) is 25.9. The molecule has 0 aromatic heterocycles. The molecule has 3 aromatic rings. The number of esters is 1. The fraction of sp³-hybridized carbons (Fsp3) is 0.346. The maximum atomic E-state index is 13.1. The molecule has 0 aliphatic carbocycles. The quantitative estimate of drug-likeness (QED) is 0.416. The Kier molecular flexibility index (Phi) is 5.53. The molecule has 0 unspecified atom stereocenters. The molecule has 0 bridgehead atoms. The summed E-state index contributed by atoms with van der Waals surface area (Å²) in [5.41, 5.74) is 0.0726. The van der Waals surface area contributed by atoms with Crippen molar-refractivity contribution in [2.45, 2.75) is 24.6 Å². The second-order valence-electron chi connectivity index (χ2n) is 8.96. The van der Waals surface area contributed by atoms with E-state index in [1.54, 1.807) is 24.3 Å². The van der Waals surface area contributed by atoms with Crippen molar-refractivity contribution in [1.82, 2.24) is 0 Å².